The number of benzene rings is 2. The Hall–Kier alpha value is -3.09. The summed E-state index contributed by atoms with van der Waals surface area (Å²) in [6.07, 6.45) is -4.51. The van der Waals surface area contributed by atoms with Crippen LogP contribution < -0.4 is 0 Å². The van der Waals surface area contributed by atoms with Crippen LogP contribution in [0.2, 0.25) is 0 Å². The fraction of sp³-hybridized carbons (Fsp3) is 0.385. The Balaban J connectivity index is 2.04. The van der Waals surface area contributed by atoms with Crippen molar-refractivity contribution in [2.24, 2.45) is 0 Å². The van der Waals surface area contributed by atoms with Crippen LogP contribution >= 0.6 is 0 Å². The molecule has 1 unspecified atom stereocenters. The van der Waals surface area contributed by atoms with Crippen molar-refractivity contribution in [3.05, 3.63) is 82.1 Å². The number of esters is 1. The van der Waals surface area contributed by atoms with Gasteiger partial charge in [0.2, 0.25) is 5.91 Å². The van der Waals surface area contributed by atoms with E-state index in [1.54, 1.807) is 32.6 Å². The van der Waals surface area contributed by atoms with Crippen molar-refractivity contribution in [3.63, 3.8) is 0 Å². The van der Waals surface area contributed by atoms with Crippen molar-refractivity contribution in [1.29, 1.82) is 0 Å². The van der Waals surface area contributed by atoms with Gasteiger partial charge in [-0.25, -0.2) is 4.79 Å². The van der Waals surface area contributed by atoms with Gasteiger partial charge >= 0.3 is 12.1 Å². The monoisotopic (exact) mass is 459 g/mol. The van der Waals surface area contributed by atoms with Crippen molar-refractivity contribution in [3.8, 4) is 0 Å². The Labute approximate surface area is 192 Å². The van der Waals surface area contributed by atoms with Crippen molar-refractivity contribution >= 4 is 11.9 Å². The summed E-state index contributed by atoms with van der Waals surface area (Å²) in [5, 5.41) is 0. The van der Waals surface area contributed by atoms with Gasteiger partial charge in [0, 0.05) is 18.0 Å². The molecular weight excluding hydrogens is 431 g/mol. The van der Waals surface area contributed by atoms with E-state index in [0.717, 1.165) is 23.3 Å². The minimum Gasteiger partial charge on any atom is -0.457 e. The predicted molar refractivity (Wildman–Crippen MR) is 119 cm³/mol. The third kappa shape index (κ3) is 5.83. The number of rotatable bonds is 4. The van der Waals surface area contributed by atoms with Crippen molar-refractivity contribution < 1.29 is 27.5 Å². The Morgan fingerprint density at radius 2 is 1.70 bits per heavy atom. The van der Waals surface area contributed by atoms with Crippen LogP contribution in [0.3, 0.4) is 0 Å². The molecule has 1 aliphatic rings. The number of aryl methyl sites for hydroxylation is 1. The number of ether oxygens (including phenoxy) is 1. The van der Waals surface area contributed by atoms with Gasteiger partial charge in [-0.05, 0) is 57.9 Å². The van der Waals surface area contributed by atoms with Gasteiger partial charge in [-0.3, -0.25) is 4.79 Å². The van der Waals surface area contributed by atoms with Crippen LogP contribution in [0.15, 0.2) is 59.8 Å². The van der Waals surface area contributed by atoms with Crippen LogP contribution in [0.4, 0.5) is 13.2 Å². The quantitative estimate of drug-likeness (QED) is 0.516. The highest BCUT2D eigenvalue weighted by atomic mass is 19.4. The summed E-state index contributed by atoms with van der Waals surface area (Å²) in [6, 6.07) is 12.3. The molecule has 0 fully saturated rings. The average Bonchev–Trinajstić information content (AvgIpc) is 2.68. The van der Waals surface area contributed by atoms with Gasteiger partial charge in [0.15, 0.2) is 0 Å². The van der Waals surface area contributed by atoms with E-state index in [0.29, 0.717) is 17.8 Å². The number of halogens is 3. The van der Waals surface area contributed by atoms with Crippen LogP contribution in [0.5, 0.6) is 0 Å². The first-order chi connectivity index (χ1) is 15.3. The molecular formula is C26H28F3NO3. The lowest BCUT2D eigenvalue weighted by atomic mass is 9.83. The van der Waals surface area contributed by atoms with Gasteiger partial charge in [0.1, 0.15) is 5.60 Å². The van der Waals surface area contributed by atoms with Crippen molar-refractivity contribution in [2.45, 2.75) is 65.3 Å². The lowest BCUT2D eigenvalue weighted by molar-refractivity contribution is -0.151. The minimum absolute atomic E-state index is 0.0386. The number of alkyl halides is 3. The highest BCUT2D eigenvalue weighted by molar-refractivity contribution is 5.96. The summed E-state index contributed by atoms with van der Waals surface area (Å²) < 4.78 is 44.7. The van der Waals surface area contributed by atoms with Gasteiger partial charge in [0.05, 0.1) is 17.7 Å². The number of allylic oxidation sites excluding steroid dienone is 1. The van der Waals surface area contributed by atoms with E-state index in [1.807, 2.05) is 31.2 Å². The summed E-state index contributed by atoms with van der Waals surface area (Å²) in [6.45, 7) is 9.16. The average molecular weight is 460 g/mol. The van der Waals surface area contributed by atoms with E-state index in [4.69, 9.17) is 4.74 Å². The normalized spacial score (nSPS) is 17.4. The minimum atomic E-state index is -4.47. The highest BCUT2D eigenvalue weighted by Crippen LogP contribution is 2.39. The molecule has 0 N–H and O–H groups in total. The van der Waals surface area contributed by atoms with Crippen molar-refractivity contribution in [1.82, 2.24) is 4.90 Å². The molecule has 0 saturated heterocycles. The van der Waals surface area contributed by atoms with Gasteiger partial charge in [-0.2, -0.15) is 13.2 Å². The lowest BCUT2D eigenvalue weighted by Gasteiger charge is -2.35. The number of carbonyl (C=O) groups excluding carboxylic acids is 2. The number of amides is 1. The van der Waals surface area contributed by atoms with Crippen LogP contribution in [0.1, 0.15) is 62.3 Å². The molecule has 33 heavy (non-hydrogen) atoms. The second-order valence-electron chi connectivity index (χ2n) is 9.35. The molecule has 0 aliphatic carbocycles. The molecule has 0 saturated carbocycles. The number of nitrogens with zero attached hydrogens (tertiary/aromatic N) is 1. The zero-order valence-electron chi connectivity index (χ0n) is 19.4. The first kappa shape index (κ1) is 24.6. The van der Waals surface area contributed by atoms with Gasteiger partial charge in [0.25, 0.3) is 0 Å². The lowest BCUT2D eigenvalue weighted by Crippen LogP contribution is -2.39. The Kier molecular flexibility index (Phi) is 6.73. The van der Waals surface area contributed by atoms with Gasteiger partial charge in [-0.1, -0.05) is 42.0 Å². The molecule has 2 aromatic carbocycles. The molecule has 2 aromatic rings. The van der Waals surface area contributed by atoms with Gasteiger partial charge < -0.3 is 9.64 Å². The molecule has 1 heterocycles. The number of carbonyl (C=O) groups is 2. The predicted octanol–water partition coefficient (Wildman–Crippen LogP) is 6.15. The number of hydrogen-bond acceptors (Lipinski definition) is 3. The Morgan fingerprint density at radius 1 is 1.06 bits per heavy atom. The molecule has 7 heteroatoms. The molecule has 1 atom stereocenters. The summed E-state index contributed by atoms with van der Waals surface area (Å²) >= 11 is 0. The standard InChI is InChI=1S/C26H28F3NO3/c1-16-7-6-8-18(13-16)15-30-17(2)23(24(32)33-25(3,4)5)21(14-22(30)31)19-9-11-20(12-10-19)26(27,28)29/h6-13,21H,14-15H2,1-5H3. The van der Waals surface area contributed by atoms with Gasteiger partial charge in [-0.15, -0.1) is 0 Å². The second-order valence-corrected chi connectivity index (χ2v) is 9.35. The largest absolute Gasteiger partial charge is 0.457 e. The Bertz CT molecular complexity index is 1080. The van der Waals surface area contributed by atoms with Crippen molar-refractivity contribution in [2.75, 3.05) is 0 Å². The molecule has 4 nitrogen and oxygen atoms in total. The zero-order chi connectivity index (χ0) is 24.6. The molecule has 0 bridgehead atoms. The molecule has 1 aliphatic heterocycles. The number of hydrogen-bond donors (Lipinski definition) is 0. The first-order valence-corrected chi connectivity index (χ1v) is 10.7. The van der Waals surface area contributed by atoms with Crippen LogP contribution in [0.25, 0.3) is 0 Å². The van der Waals surface area contributed by atoms with Crippen LogP contribution in [-0.2, 0) is 27.0 Å². The molecule has 3 rings (SSSR count). The summed E-state index contributed by atoms with van der Waals surface area (Å²) in [5.41, 5.74) is 1.62. The fourth-order valence-corrected chi connectivity index (χ4v) is 3.98. The third-order valence-electron chi connectivity index (χ3n) is 5.51. The highest BCUT2D eigenvalue weighted by Gasteiger charge is 2.38. The molecule has 176 valence electrons. The topological polar surface area (TPSA) is 46.6 Å². The Morgan fingerprint density at radius 3 is 2.24 bits per heavy atom. The smallest absolute Gasteiger partial charge is 0.416 e. The molecule has 1 amide bonds. The molecule has 0 aromatic heterocycles. The van der Waals surface area contributed by atoms with E-state index in [9.17, 15) is 22.8 Å². The van der Waals surface area contributed by atoms with E-state index >= 15 is 0 Å². The SMILES string of the molecule is CC1=C(C(=O)OC(C)(C)C)C(c2ccc(C(F)(F)F)cc2)CC(=O)N1Cc1cccc(C)c1. The zero-order valence-corrected chi connectivity index (χ0v) is 19.4. The molecule has 0 radical (unpaired) electrons. The third-order valence-corrected chi connectivity index (χ3v) is 5.51. The van der Waals surface area contributed by atoms with Crippen LogP contribution in [0, 0.1) is 6.92 Å². The second kappa shape index (κ2) is 9.04. The van der Waals surface area contributed by atoms with E-state index in [-0.39, 0.29) is 17.9 Å². The maximum atomic E-state index is 13.2. The van der Waals surface area contributed by atoms with E-state index < -0.39 is 29.2 Å². The van der Waals surface area contributed by atoms with E-state index in [2.05, 4.69) is 0 Å². The summed E-state index contributed by atoms with van der Waals surface area (Å²) in [5.74, 6) is -1.47. The summed E-state index contributed by atoms with van der Waals surface area (Å²) in [4.78, 5) is 27.9. The maximum Gasteiger partial charge on any atom is 0.416 e. The van der Waals surface area contributed by atoms with E-state index in [1.165, 1.54) is 12.1 Å². The van der Waals surface area contributed by atoms with Crippen LogP contribution in [-0.4, -0.2) is 22.4 Å². The summed E-state index contributed by atoms with van der Waals surface area (Å²) in [7, 11) is 0. The maximum absolute atomic E-state index is 13.2. The first-order valence-electron chi connectivity index (χ1n) is 10.7. The fourth-order valence-electron chi connectivity index (χ4n) is 3.98. The molecule has 0 spiro atoms.